The van der Waals surface area contributed by atoms with Crippen LogP contribution >= 0.6 is 11.6 Å². The maximum atomic E-state index is 10.3. The SMILES string of the molecule is OC(c1cc2cc(Cl)ccc2o1)C1CCCCN1. The van der Waals surface area contributed by atoms with E-state index in [1.54, 1.807) is 6.07 Å². The van der Waals surface area contributed by atoms with Gasteiger partial charge in [-0.2, -0.15) is 0 Å². The van der Waals surface area contributed by atoms with E-state index in [-0.39, 0.29) is 6.04 Å². The summed E-state index contributed by atoms with van der Waals surface area (Å²) in [5, 5.41) is 15.3. The third kappa shape index (κ3) is 2.26. The van der Waals surface area contributed by atoms with Crippen molar-refractivity contribution in [2.24, 2.45) is 0 Å². The van der Waals surface area contributed by atoms with E-state index < -0.39 is 6.10 Å². The van der Waals surface area contributed by atoms with E-state index in [9.17, 15) is 5.11 Å². The first-order chi connectivity index (χ1) is 8.74. The van der Waals surface area contributed by atoms with Crippen molar-refractivity contribution in [1.82, 2.24) is 5.32 Å². The maximum absolute atomic E-state index is 10.3. The lowest BCUT2D eigenvalue weighted by molar-refractivity contribution is 0.0941. The van der Waals surface area contributed by atoms with E-state index in [2.05, 4.69) is 5.32 Å². The number of nitrogens with one attached hydrogen (secondary N) is 1. The Morgan fingerprint density at radius 1 is 1.33 bits per heavy atom. The Morgan fingerprint density at radius 3 is 3.00 bits per heavy atom. The number of furan rings is 1. The van der Waals surface area contributed by atoms with Crippen molar-refractivity contribution >= 4 is 22.6 Å². The highest BCUT2D eigenvalue weighted by atomic mass is 35.5. The van der Waals surface area contributed by atoms with Gasteiger partial charge in [-0.1, -0.05) is 18.0 Å². The molecule has 1 aliphatic heterocycles. The molecule has 3 rings (SSSR count). The van der Waals surface area contributed by atoms with Crippen LogP contribution in [0.1, 0.15) is 31.1 Å². The van der Waals surface area contributed by atoms with Crippen LogP contribution in [0.5, 0.6) is 0 Å². The molecule has 2 aromatic rings. The molecule has 0 spiro atoms. The zero-order valence-electron chi connectivity index (χ0n) is 10.0. The summed E-state index contributed by atoms with van der Waals surface area (Å²) in [6.45, 7) is 0.966. The third-order valence-electron chi connectivity index (χ3n) is 3.52. The van der Waals surface area contributed by atoms with Crippen molar-refractivity contribution < 1.29 is 9.52 Å². The molecular formula is C14H16ClNO2. The third-order valence-corrected chi connectivity index (χ3v) is 3.75. The molecule has 18 heavy (non-hydrogen) atoms. The number of aliphatic hydroxyl groups is 1. The smallest absolute Gasteiger partial charge is 0.135 e. The molecular weight excluding hydrogens is 250 g/mol. The zero-order valence-corrected chi connectivity index (χ0v) is 10.8. The lowest BCUT2D eigenvalue weighted by Gasteiger charge is -2.26. The highest BCUT2D eigenvalue weighted by Gasteiger charge is 2.25. The molecule has 2 atom stereocenters. The Kier molecular flexibility index (Phi) is 3.29. The van der Waals surface area contributed by atoms with Crippen molar-refractivity contribution in [3.63, 3.8) is 0 Å². The summed E-state index contributed by atoms with van der Waals surface area (Å²) in [6.07, 6.45) is 2.73. The number of benzene rings is 1. The zero-order chi connectivity index (χ0) is 12.5. The van der Waals surface area contributed by atoms with Gasteiger partial charge >= 0.3 is 0 Å². The van der Waals surface area contributed by atoms with E-state index >= 15 is 0 Å². The van der Waals surface area contributed by atoms with Crippen molar-refractivity contribution in [1.29, 1.82) is 0 Å². The van der Waals surface area contributed by atoms with Crippen LogP contribution in [-0.2, 0) is 0 Å². The fourth-order valence-corrected chi connectivity index (χ4v) is 2.71. The molecule has 1 aromatic carbocycles. The maximum Gasteiger partial charge on any atom is 0.135 e. The van der Waals surface area contributed by atoms with Gasteiger partial charge in [0.25, 0.3) is 0 Å². The Morgan fingerprint density at radius 2 is 2.22 bits per heavy atom. The van der Waals surface area contributed by atoms with Gasteiger partial charge < -0.3 is 14.8 Å². The Bertz CT molecular complexity index is 546. The van der Waals surface area contributed by atoms with Gasteiger partial charge in [-0.25, -0.2) is 0 Å². The number of piperidine rings is 1. The average molecular weight is 266 g/mol. The van der Waals surface area contributed by atoms with E-state index in [4.69, 9.17) is 16.0 Å². The van der Waals surface area contributed by atoms with Crippen LogP contribution in [0.25, 0.3) is 11.0 Å². The Balaban J connectivity index is 1.88. The van der Waals surface area contributed by atoms with Gasteiger partial charge in [0.1, 0.15) is 17.4 Å². The predicted molar refractivity (Wildman–Crippen MR) is 71.8 cm³/mol. The fourth-order valence-electron chi connectivity index (χ4n) is 2.53. The standard InChI is InChI=1S/C14H16ClNO2/c15-10-4-5-12-9(7-10)8-13(18-12)14(17)11-3-1-2-6-16-11/h4-5,7-8,11,14,16-17H,1-3,6H2. The highest BCUT2D eigenvalue weighted by Crippen LogP contribution is 2.29. The number of halogens is 1. The van der Waals surface area contributed by atoms with E-state index in [0.717, 1.165) is 30.4 Å². The molecule has 0 radical (unpaired) electrons. The molecule has 96 valence electrons. The quantitative estimate of drug-likeness (QED) is 0.876. The Hall–Kier alpha value is -1.03. The van der Waals surface area contributed by atoms with Crippen molar-refractivity contribution in [3.05, 3.63) is 35.0 Å². The summed E-state index contributed by atoms with van der Waals surface area (Å²) in [5.41, 5.74) is 0.768. The van der Waals surface area contributed by atoms with Gasteiger partial charge in [-0.3, -0.25) is 0 Å². The number of hydrogen-bond donors (Lipinski definition) is 2. The lowest BCUT2D eigenvalue weighted by atomic mass is 9.98. The van der Waals surface area contributed by atoms with E-state index in [1.807, 2.05) is 18.2 Å². The lowest BCUT2D eigenvalue weighted by Crippen LogP contribution is -2.38. The molecule has 0 amide bonds. The van der Waals surface area contributed by atoms with Crippen LogP contribution in [0, 0.1) is 0 Å². The number of rotatable bonds is 2. The van der Waals surface area contributed by atoms with Crippen molar-refractivity contribution in [3.8, 4) is 0 Å². The molecule has 0 aliphatic carbocycles. The second-order valence-electron chi connectivity index (χ2n) is 4.83. The summed E-state index contributed by atoms with van der Waals surface area (Å²) < 4.78 is 5.69. The fraction of sp³-hybridized carbons (Fsp3) is 0.429. The minimum absolute atomic E-state index is 0.0924. The summed E-state index contributed by atoms with van der Waals surface area (Å²) in [4.78, 5) is 0. The summed E-state index contributed by atoms with van der Waals surface area (Å²) in [6, 6.07) is 7.45. The van der Waals surface area contributed by atoms with E-state index in [1.165, 1.54) is 6.42 Å². The van der Waals surface area contributed by atoms with Crippen molar-refractivity contribution in [2.45, 2.75) is 31.4 Å². The van der Waals surface area contributed by atoms with Gasteiger partial charge in [0.2, 0.25) is 0 Å². The monoisotopic (exact) mass is 265 g/mol. The molecule has 4 heteroatoms. The molecule has 0 bridgehead atoms. The average Bonchev–Trinajstić information content (AvgIpc) is 2.81. The first-order valence-corrected chi connectivity index (χ1v) is 6.72. The highest BCUT2D eigenvalue weighted by molar-refractivity contribution is 6.31. The molecule has 3 nitrogen and oxygen atoms in total. The normalized spacial score (nSPS) is 22.2. The van der Waals surface area contributed by atoms with Crippen LogP contribution in [0.4, 0.5) is 0 Å². The molecule has 1 aliphatic rings. The molecule has 2 heterocycles. The first-order valence-electron chi connectivity index (χ1n) is 6.34. The molecule has 1 fully saturated rings. The van der Waals surface area contributed by atoms with Gasteiger partial charge in [0, 0.05) is 16.5 Å². The Labute approximate surface area is 111 Å². The van der Waals surface area contributed by atoms with Crippen LogP contribution in [0.15, 0.2) is 28.7 Å². The minimum atomic E-state index is -0.587. The summed E-state index contributed by atoms with van der Waals surface area (Å²) >= 11 is 5.94. The molecule has 2 unspecified atom stereocenters. The molecule has 1 aromatic heterocycles. The van der Waals surface area contributed by atoms with Crippen LogP contribution in [0.3, 0.4) is 0 Å². The number of aliphatic hydroxyl groups excluding tert-OH is 1. The van der Waals surface area contributed by atoms with Crippen LogP contribution in [0.2, 0.25) is 5.02 Å². The van der Waals surface area contributed by atoms with Crippen LogP contribution < -0.4 is 5.32 Å². The number of hydrogen-bond acceptors (Lipinski definition) is 3. The second kappa shape index (κ2) is 4.92. The molecule has 1 saturated heterocycles. The van der Waals surface area contributed by atoms with Gasteiger partial charge in [0.15, 0.2) is 0 Å². The predicted octanol–water partition coefficient (Wildman–Crippen LogP) is 3.26. The summed E-state index contributed by atoms with van der Waals surface area (Å²) in [7, 11) is 0. The molecule has 2 N–H and O–H groups in total. The van der Waals surface area contributed by atoms with E-state index in [0.29, 0.717) is 10.8 Å². The number of fused-ring (bicyclic) bond motifs is 1. The van der Waals surface area contributed by atoms with Gasteiger partial charge in [-0.05, 0) is 43.7 Å². The minimum Gasteiger partial charge on any atom is -0.458 e. The molecule has 0 saturated carbocycles. The summed E-state index contributed by atoms with van der Waals surface area (Å²) in [5.74, 6) is 0.617. The second-order valence-corrected chi connectivity index (χ2v) is 5.27. The largest absolute Gasteiger partial charge is 0.458 e. The topological polar surface area (TPSA) is 45.4 Å². The van der Waals surface area contributed by atoms with Crippen LogP contribution in [-0.4, -0.2) is 17.7 Å². The van der Waals surface area contributed by atoms with Gasteiger partial charge in [0.05, 0.1) is 0 Å². The first kappa shape index (κ1) is 12.0. The van der Waals surface area contributed by atoms with Gasteiger partial charge in [-0.15, -0.1) is 0 Å². The van der Waals surface area contributed by atoms with Crippen molar-refractivity contribution in [2.75, 3.05) is 6.54 Å².